The van der Waals surface area contributed by atoms with E-state index in [1.165, 1.54) is 0 Å². The molecule has 0 radical (unpaired) electrons. The summed E-state index contributed by atoms with van der Waals surface area (Å²) in [6, 6.07) is 21.2. The first kappa shape index (κ1) is 25.2. The van der Waals surface area contributed by atoms with Crippen LogP contribution >= 0.6 is 12.2 Å². The number of aromatic carboxylic acids is 1. The first-order valence-electron chi connectivity index (χ1n) is 12.2. The van der Waals surface area contributed by atoms with Crippen LogP contribution in [0.2, 0.25) is 0 Å². The summed E-state index contributed by atoms with van der Waals surface area (Å²) < 4.78 is 6.34. The van der Waals surface area contributed by atoms with Crippen LogP contribution in [0, 0.1) is 6.92 Å². The molecule has 0 saturated carbocycles. The second-order valence-electron chi connectivity index (χ2n) is 8.99. The lowest BCUT2D eigenvalue weighted by Gasteiger charge is -2.26. The number of nitrogens with one attached hydrogen (secondary N) is 2. The van der Waals surface area contributed by atoms with Crippen molar-refractivity contribution in [3.05, 3.63) is 102 Å². The number of hydrogen-bond acceptors (Lipinski definition) is 5. The van der Waals surface area contributed by atoms with Crippen molar-refractivity contribution in [1.29, 1.82) is 0 Å². The first-order valence-corrected chi connectivity index (χ1v) is 12.6. The van der Waals surface area contributed by atoms with E-state index in [4.69, 9.17) is 16.6 Å². The SMILES string of the molecule is CCC(=O)Nc1ccc(N2C(=S)NC(c3ccccn3)C2c2ccc(-c3cccc(C(=O)O)c3)o2)cc1C. The minimum Gasteiger partial charge on any atom is -0.478 e. The van der Waals surface area contributed by atoms with Crippen molar-refractivity contribution < 1.29 is 19.1 Å². The Balaban J connectivity index is 1.56. The number of anilines is 2. The van der Waals surface area contributed by atoms with Gasteiger partial charge in [-0.25, -0.2) is 4.79 Å². The fourth-order valence-electron chi connectivity index (χ4n) is 4.57. The van der Waals surface area contributed by atoms with Crippen LogP contribution in [0.25, 0.3) is 11.3 Å². The van der Waals surface area contributed by atoms with Gasteiger partial charge >= 0.3 is 5.97 Å². The van der Waals surface area contributed by atoms with E-state index in [1.54, 1.807) is 24.4 Å². The summed E-state index contributed by atoms with van der Waals surface area (Å²) in [5.41, 5.74) is 4.13. The molecular weight excluding hydrogens is 500 g/mol. The average molecular weight is 527 g/mol. The van der Waals surface area contributed by atoms with Crippen LogP contribution in [-0.2, 0) is 4.79 Å². The van der Waals surface area contributed by atoms with Crippen LogP contribution in [0.3, 0.4) is 0 Å². The number of hydrogen-bond donors (Lipinski definition) is 3. The fraction of sp³-hybridized carbons (Fsp3) is 0.172. The topological polar surface area (TPSA) is 108 Å². The molecule has 0 bridgehead atoms. The van der Waals surface area contributed by atoms with Crippen LogP contribution in [0.1, 0.15) is 52.8 Å². The predicted molar refractivity (Wildman–Crippen MR) is 149 cm³/mol. The Morgan fingerprint density at radius 3 is 2.66 bits per heavy atom. The highest BCUT2D eigenvalue weighted by molar-refractivity contribution is 7.80. The summed E-state index contributed by atoms with van der Waals surface area (Å²) in [6.45, 7) is 3.75. The molecule has 2 aromatic carbocycles. The zero-order valence-electron chi connectivity index (χ0n) is 20.8. The Morgan fingerprint density at radius 2 is 1.95 bits per heavy atom. The molecule has 1 aliphatic rings. The van der Waals surface area contributed by atoms with Gasteiger partial charge in [-0.2, -0.15) is 0 Å². The molecule has 1 saturated heterocycles. The molecule has 4 aromatic rings. The third-order valence-corrected chi connectivity index (χ3v) is 6.81. The lowest BCUT2D eigenvalue weighted by Crippen LogP contribution is -2.29. The van der Waals surface area contributed by atoms with Gasteiger partial charge in [0.25, 0.3) is 0 Å². The van der Waals surface area contributed by atoms with E-state index in [-0.39, 0.29) is 23.6 Å². The van der Waals surface area contributed by atoms with Crippen LogP contribution in [0.5, 0.6) is 0 Å². The molecule has 1 aliphatic heterocycles. The van der Waals surface area contributed by atoms with Gasteiger partial charge in [0.15, 0.2) is 5.11 Å². The number of carbonyl (C=O) groups is 2. The van der Waals surface area contributed by atoms with Crippen molar-refractivity contribution in [2.75, 3.05) is 10.2 Å². The summed E-state index contributed by atoms with van der Waals surface area (Å²) in [5.74, 6) is 0.140. The largest absolute Gasteiger partial charge is 0.478 e. The molecule has 2 aromatic heterocycles. The summed E-state index contributed by atoms with van der Waals surface area (Å²) in [7, 11) is 0. The van der Waals surface area contributed by atoms with E-state index in [2.05, 4.69) is 15.6 Å². The molecule has 0 spiro atoms. The number of nitrogens with zero attached hydrogens (tertiary/aromatic N) is 2. The number of aryl methyl sites for hydroxylation is 1. The molecule has 2 unspecified atom stereocenters. The second kappa shape index (κ2) is 10.5. The number of benzene rings is 2. The third-order valence-electron chi connectivity index (χ3n) is 6.49. The Labute approximate surface area is 225 Å². The van der Waals surface area contributed by atoms with Gasteiger partial charge in [-0.05, 0) is 79.3 Å². The molecule has 192 valence electrons. The van der Waals surface area contributed by atoms with Gasteiger partial charge in [0.05, 0.1) is 17.3 Å². The molecule has 3 heterocycles. The third kappa shape index (κ3) is 4.88. The van der Waals surface area contributed by atoms with E-state index >= 15 is 0 Å². The molecule has 38 heavy (non-hydrogen) atoms. The van der Waals surface area contributed by atoms with Crippen molar-refractivity contribution in [3.8, 4) is 11.3 Å². The highest BCUT2D eigenvalue weighted by Crippen LogP contribution is 2.43. The van der Waals surface area contributed by atoms with Gasteiger partial charge in [0.1, 0.15) is 17.6 Å². The van der Waals surface area contributed by atoms with E-state index in [9.17, 15) is 14.7 Å². The van der Waals surface area contributed by atoms with Crippen molar-refractivity contribution in [2.45, 2.75) is 32.4 Å². The van der Waals surface area contributed by atoms with Crippen LogP contribution in [0.4, 0.5) is 11.4 Å². The molecule has 8 nitrogen and oxygen atoms in total. The zero-order chi connectivity index (χ0) is 26.8. The quantitative estimate of drug-likeness (QED) is 0.257. The molecular formula is C29H26N4O4S. The number of pyridine rings is 1. The van der Waals surface area contributed by atoms with Gasteiger partial charge in [-0.1, -0.05) is 25.1 Å². The van der Waals surface area contributed by atoms with Gasteiger partial charge < -0.3 is 25.1 Å². The second-order valence-corrected chi connectivity index (χ2v) is 9.37. The summed E-state index contributed by atoms with van der Waals surface area (Å²) in [4.78, 5) is 30.0. The highest BCUT2D eigenvalue weighted by Gasteiger charge is 2.42. The van der Waals surface area contributed by atoms with E-state index < -0.39 is 5.97 Å². The Bertz CT molecular complexity index is 1520. The number of rotatable bonds is 7. The highest BCUT2D eigenvalue weighted by atomic mass is 32.1. The zero-order valence-corrected chi connectivity index (χ0v) is 21.7. The number of furan rings is 1. The van der Waals surface area contributed by atoms with Gasteiger partial charge in [0, 0.05) is 29.6 Å². The minimum absolute atomic E-state index is 0.0533. The monoisotopic (exact) mass is 526 g/mol. The molecule has 3 N–H and O–H groups in total. The van der Waals surface area contributed by atoms with Crippen molar-refractivity contribution in [3.63, 3.8) is 0 Å². The first-order chi connectivity index (χ1) is 18.4. The minimum atomic E-state index is -1.00. The standard InChI is InChI=1S/C29H26N4O4S/c1-3-25(34)31-21-11-10-20(15-17(21)2)33-27(26(32-29(33)38)22-9-4-5-14-30-22)24-13-12-23(37-24)18-7-6-8-19(16-18)28(35)36/h4-16,26-27H,3H2,1-2H3,(H,31,34)(H,32,38)(H,35,36). The van der Waals surface area contributed by atoms with Gasteiger partial charge in [-0.15, -0.1) is 0 Å². The lowest BCUT2D eigenvalue weighted by atomic mass is 10.0. The van der Waals surface area contributed by atoms with Crippen molar-refractivity contribution >= 4 is 40.6 Å². The number of carboxylic acids is 1. The fourth-order valence-corrected chi connectivity index (χ4v) is 4.92. The number of carboxylic acid groups (broad SMARTS) is 1. The summed E-state index contributed by atoms with van der Waals surface area (Å²) >= 11 is 5.80. The normalized spacial score (nSPS) is 16.8. The van der Waals surface area contributed by atoms with Crippen LogP contribution in [-0.4, -0.2) is 27.1 Å². The molecule has 5 rings (SSSR count). The number of amides is 1. The predicted octanol–water partition coefficient (Wildman–Crippen LogP) is 5.87. The van der Waals surface area contributed by atoms with E-state index in [1.807, 2.05) is 73.3 Å². The summed E-state index contributed by atoms with van der Waals surface area (Å²) in [6.07, 6.45) is 2.13. The molecule has 1 fully saturated rings. The van der Waals surface area contributed by atoms with Crippen LogP contribution < -0.4 is 15.5 Å². The maximum absolute atomic E-state index is 11.9. The average Bonchev–Trinajstić information content (AvgIpc) is 3.55. The smallest absolute Gasteiger partial charge is 0.335 e. The number of aromatic nitrogens is 1. The maximum atomic E-state index is 11.9. The number of thiocarbonyl (C=S) groups is 1. The molecule has 9 heteroatoms. The van der Waals surface area contributed by atoms with Gasteiger partial charge in [-0.3, -0.25) is 9.78 Å². The van der Waals surface area contributed by atoms with Gasteiger partial charge in [0.2, 0.25) is 5.91 Å². The summed E-state index contributed by atoms with van der Waals surface area (Å²) in [5, 5.41) is 16.2. The molecule has 2 atom stereocenters. The van der Waals surface area contributed by atoms with E-state index in [0.717, 1.165) is 22.6 Å². The number of carbonyl (C=O) groups excluding carboxylic acids is 1. The Kier molecular flexibility index (Phi) is 6.93. The molecule has 1 amide bonds. The molecule has 0 aliphatic carbocycles. The Morgan fingerprint density at radius 1 is 1.11 bits per heavy atom. The maximum Gasteiger partial charge on any atom is 0.335 e. The van der Waals surface area contributed by atoms with E-state index in [0.29, 0.717) is 28.6 Å². The Hall–Kier alpha value is -4.50. The van der Waals surface area contributed by atoms with Crippen molar-refractivity contribution in [1.82, 2.24) is 10.3 Å². The lowest BCUT2D eigenvalue weighted by molar-refractivity contribution is -0.115. The van der Waals surface area contributed by atoms with Crippen molar-refractivity contribution in [2.24, 2.45) is 0 Å². The van der Waals surface area contributed by atoms with Crippen LogP contribution in [0.15, 0.2) is 83.4 Å².